The number of rotatable bonds is 13. The van der Waals surface area contributed by atoms with Gasteiger partial charge < -0.3 is 14.7 Å². The largest absolute Gasteiger partial charge is 0.489 e. The highest BCUT2D eigenvalue weighted by Crippen LogP contribution is 2.29. The van der Waals surface area contributed by atoms with Gasteiger partial charge in [-0.2, -0.15) is 0 Å². The number of aromatic nitrogens is 1. The molecule has 5 rings (SSSR count). The quantitative estimate of drug-likeness (QED) is 0.164. The van der Waals surface area contributed by atoms with Crippen LogP contribution >= 0.6 is 11.3 Å². The molecule has 1 aromatic heterocycles. The van der Waals surface area contributed by atoms with Crippen LogP contribution in [0.5, 0.6) is 5.75 Å². The van der Waals surface area contributed by atoms with Gasteiger partial charge in [0.25, 0.3) is 0 Å². The molecule has 0 spiro atoms. The standard InChI is InChI=1S/C34H32N2O3S/c37-33(38)19-16-27-14-17-31(18-15-27)39-24-29-11-7-10-28(22-29)23-36(21-20-26-8-3-1-4-9-26)34-35-32(25-40-34)30-12-5-2-6-13-30/h1-15,17-18,22,25H,16,19-21,23-24H2,(H,37,38). The number of benzene rings is 4. The van der Waals surface area contributed by atoms with Crippen molar-refractivity contribution in [1.29, 1.82) is 0 Å². The molecule has 0 amide bonds. The lowest BCUT2D eigenvalue weighted by atomic mass is 10.1. The lowest BCUT2D eigenvalue weighted by molar-refractivity contribution is -0.136. The van der Waals surface area contributed by atoms with Crippen LogP contribution in [-0.4, -0.2) is 22.6 Å². The van der Waals surface area contributed by atoms with E-state index < -0.39 is 5.97 Å². The van der Waals surface area contributed by atoms with E-state index in [1.54, 1.807) is 11.3 Å². The molecule has 0 aliphatic carbocycles. The minimum atomic E-state index is -0.787. The number of nitrogens with zero attached hydrogens (tertiary/aromatic N) is 2. The summed E-state index contributed by atoms with van der Waals surface area (Å²) in [4.78, 5) is 18.2. The summed E-state index contributed by atoms with van der Waals surface area (Å²) in [6.45, 7) is 2.07. The summed E-state index contributed by atoms with van der Waals surface area (Å²) in [6, 6.07) is 37.0. The molecule has 0 radical (unpaired) electrons. The van der Waals surface area contributed by atoms with Crippen molar-refractivity contribution in [3.05, 3.63) is 137 Å². The molecule has 202 valence electrons. The van der Waals surface area contributed by atoms with Crippen LogP contribution < -0.4 is 9.64 Å². The first-order chi connectivity index (χ1) is 19.6. The number of ether oxygens (including phenoxy) is 1. The Labute approximate surface area is 239 Å². The van der Waals surface area contributed by atoms with Crippen LogP contribution in [0, 0.1) is 0 Å². The van der Waals surface area contributed by atoms with Crippen LogP contribution in [0.2, 0.25) is 0 Å². The minimum absolute atomic E-state index is 0.129. The fraction of sp³-hybridized carbons (Fsp3) is 0.176. The van der Waals surface area contributed by atoms with Gasteiger partial charge in [-0.25, -0.2) is 4.98 Å². The maximum atomic E-state index is 10.8. The van der Waals surface area contributed by atoms with Gasteiger partial charge in [-0.05, 0) is 47.2 Å². The summed E-state index contributed by atoms with van der Waals surface area (Å²) in [5, 5.41) is 12.0. The highest BCUT2D eigenvalue weighted by atomic mass is 32.1. The number of hydrogen-bond acceptors (Lipinski definition) is 5. The highest BCUT2D eigenvalue weighted by molar-refractivity contribution is 7.14. The molecule has 1 heterocycles. The number of carboxylic acids is 1. The summed E-state index contributed by atoms with van der Waals surface area (Å²) >= 11 is 1.68. The second-order valence-electron chi connectivity index (χ2n) is 9.68. The molecule has 4 aromatic carbocycles. The number of hydrogen-bond donors (Lipinski definition) is 1. The molecule has 5 nitrogen and oxygen atoms in total. The maximum Gasteiger partial charge on any atom is 0.303 e. The van der Waals surface area contributed by atoms with Crippen molar-refractivity contribution in [2.24, 2.45) is 0 Å². The number of anilines is 1. The summed E-state index contributed by atoms with van der Waals surface area (Å²) in [5.41, 5.74) is 6.73. The van der Waals surface area contributed by atoms with Gasteiger partial charge in [0.05, 0.1) is 5.69 Å². The van der Waals surface area contributed by atoms with Crippen molar-refractivity contribution in [2.75, 3.05) is 11.4 Å². The van der Waals surface area contributed by atoms with Crippen molar-refractivity contribution in [2.45, 2.75) is 32.4 Å². The van der Waals surface area contributed by atoms with E-state index in [2.05, 4.69) is 77.0 Å². The first-order valence-electron chi connectivity index (χ1n) is 13.4. The SMILES string of the molecule is O=C(O)CCc1ccc(OCc2cccc(CN(CCc3ccccc3)c3nc(-c4ccccc4)cs3)c2)cc1. The van der Waals surface area contributed by atoms with Gasteiger partial charge in [0, 0.05) is 30.5 Å². The minimum Gasteiger partial charge on any atom is -0.489 e. The van der Waals surface area contributed by atoms with Crippen LogP contribution in [0.4, 0.5) is 5.13 Å². The number of aryl methyl sites for hydroxylation is 1. The molecule has 0 saturated carbocycles. The van der Waals surface area contributed by atoms with Crippen molar-refractivity contribution < 1.29 is 14.6 Å². The van der Waals surface area contributed by atoms with Crippen LogP contribution in [0.3, 0.4) is 0 Å². The van der Waals surface area contributed by atoms with E-state index in [0.717, 1.165) is 52.8 Å². The van der Waals surface area contributed by atoms with Gasteiger partial charge in [-0.15, -0.1) is 11.3 Å². The van der Waals surface area contributed by atoms with Crippen molar-refractivity contribution in [3.8, 4) is 17.0 Å². The molecule has 0 aliphatic rings. The molecule has 0 aliphatic heterocycles. The zero-order valence-electron chi connectivity index (χ0n) is 22.3. The van der Waals surface area contributed by atoms with Gasteiger partial charge in [0.15, 0.2) is 5.13 Å². The first-order valence-corrected chi connectivity index (χ1v) is 14.3. The van der Waals surface area contributed by atoms with E-state index in [-0.39, 0.29) is 6.42 Å². The lowest BCUT2D eigenvalue weighted by Crippen LogP contribution is -2.25. The lowest BCUT2D eigenvalue weighted by Gasteiger charge is -2.22. The van der Waals surface area contributed by atoms with Gasteiger partial charge >= 0.3 is 5.97 Å². The van der Waals surface area contributed by atoms with E-state index in [0.29, 0.717) is 13.0 Å². The Bertz CT molecular complexity index is 1500. The fourth-order valence-corrected chi connectivity index (χ4v) is 5.37. The molecular weight excluding hydrogens is 516 g/mol. The monoisotopic (exact) mass is 548 g/mol. The van der Waals surface area contributed by atoms with Crippen LogP contribution in [0.25, 0.3) is 11.3 Å². The fourth-order valence-electron chi connectivity index (χ4n) is 4.51. The van der Waals surface area contributed by atoms with E-state index in [9.17, 15) is 4.79 Å². The smallest absolute Gasteiger partial charge is 0.303 e. The van der Waals surface area contributed by atoms with Crippen molar-refractivity contribution >= 4 is 22.4 Å². The van der Waals surface area contributed by atoms with Crippen LogP contribution in [-0.2, 0) is 30.8 Å². The predicted molar refractivity (Wildman–Crippen MR) is 162 cm³/mol. The molecule has 1 N–H and O–H groups in total. The molecule has 6 heteroatoms. The van der Waals surface area contributed by atoms with Gasteiger partial charge in [0.2, 0.25) is 0 Å². The topological polar surface area (TPSA) is 62.7 Å². The van der Waals surface area contributed by atoms with E-state index in [1.165, 1.54) is 11.1 Å². The van der Waals surface area contributed by atoms with Gasteiger partial charge in [-0.1, -0.05) is 97.1 Å². The Morgan fingerprint density at radius 3 is 2.20 bits per heavy atom. The number of carboxylic acid groups (broad SMARTS) is 1. The second-order valence-corrected chi connectivity index (χ2v) is 10.5. The molecule has 0 atom stereocenters. The Hall–Kier alpha value is -4.42. The summed E-state index contributed by atoms with van der Waals surface area (Å²) in [6.07, 6.45) is 1.58. The summed E-state index contributed by atoms with van der Waals surface area (Å²) in [5.74, 6) is -0.0180. The summed E-state index contributed by atoms with van der Waals surface area (Å²) < 4.78 is 6.03. The molecule has 0 fully saturated rings. The third-order valence-corrected chi connectivity index (χ3v) is 7.57. The summed E-state index contributed by atoms with van der Waals surface area (Å²) in [7, 11) is 0. The van der Waals surface area contributed by atoms with E-state index in [1.807, 2.05) is 42.5 Å². The second kappa shape index (κ2) is 13.6. The maximum absolute atomic E-state index is 10.8. The van der Waals surface area contributed by atoms with Crippen LogP contribution in [0.1, 0.15) is 28.7 Å². The first kappa shape index (κ1) is 27.2. The Morgan fingerprint density at radius 2 is 1.45 bits per heavy atom. The molecule has 0 saturated heterocycles. The molecule has 0 bridgehead atoms. The van der Waals surface area contributed by atoms with E-state index >= 15 is 0 Å². The van der Waals surface area contributed by atoms with Crippen molar-refractivity contribution in [3.63, 3.8) is 0 Å². The highest BCUT2D eigenvalue weighted by Gasteiger charge is 2.14. The molecular formula is C34H32N2O3S. The number of thiazole rings is 1. The average molecular weight is 549 g/mol. The molecule has 5 aromatic rings. The normalized spacial score (nSPS) is 10.8. The third kappa shape index (κ3) is 7.80. The van der Waals surface area contributed by atoms with Gasteiger partial charge in [-0.3, -0.25) is 4.79 Å². The number of carbonyl (C=O) groups is 1. The third-order valence-electron chi connectivity index (χ3n) is 6.67. The average Bonchev–Trinajstić information content (AvgIpc) is 3.49. The van der Waals surface area contributed by atoms with E-state index in [4.69, 9.17) is 14.8 Å². The van der Waals surface area contributed by atoms with Crippen LogP contribution in [0.15, 0.2) is 115 Å². The number of aliphatic carboxylic acids is 1. The van der Waals surface area contributed by atoms with Gasteiger partial charge in [0.1, 0.15) is 12.4 Å². The Balaban J connectivity index is 1.27. The zero-order chi connectivity index (χ0) is 27.6. The molecule has 40 heavy (non-hydrogen) atoms. The Kier molecular flexibility index (Phi) is 9.22. The Morgan fingerprint density at radius 1 is 0.775 bits per heavy atom. The molecule has 0 unspecified atom stereocenters. The van der Waals surface area contributed by atoms with Crippen molar-refractivity contribution in [1.82, 2.24) is 4.98 Å². The zero-order valence-corrected chi connectivity index (χ0v) is 23.1. The predicted octanol–water partition coefficient (Wildman–Crippen LogP) is 7.66.